The van der Waals surface area contributed by atoms with E-state index in [4.69, 9.17) is 4.42 Å². The van der Waals surface area contributed by atoms with E-state index in [2.05, 4.69) is 20.5 Å². The molecule has 0 aliphatic heterocycles. The molecule has 8 heteroatoms. The Morgan fingerprint density at radius 3 is 2.56 bits per heavy atom. The number of nitrogens with zero attached hydrogens (tertiary/aromatic N) is 2. The Morgan fingerprint density at radius 1 is 0.972 bits per heavy atom. The smallest absolute Gasteiger partial charge is 0.231 e. The molecule has 2 atom stereocenters. The normalized spacial score (nSPS) is 17.8. The molecule has 36 heavy (non-hydrogen) atoms. The lowest BCUT2D eigenvalue weighted by atomic mass is 9.76. The summed E-state index contributed by atoms with van der Waals surface area (Å²) >= 11 is 1.44. The fourth-order valence-electron chi connectivity index (χ4n) is 4.97. The van der Waals surface area contributed by atoms with E-state index in [0.29, 0.717) is 11.6 Å². The summed E-state index contributed by atoms with van der Waals surface area (Å²) in [5.41, 5.74) is 4.65. The third-order valence-electron chi connectivity index (χ3n) is 6.81. The minimum Gasteiger partial charge on any atom is -0.436 e. The van der Waals surface area contributed by atoms with Gasteiger partial charge in [0.1, 0.15) is 5.52 Å². The molecule has 6 rings (SSSR count). The second kappa shape index (κ2) is 9.54. The Bertz CT molecular complexity index is 1480. The maximum absolute atomic E-state index is 13.2. The van der Waals surface area contributed by atoms with Gasteiger partial charge in [0.15, 0.2) is 11.4 Å². The van der Waals surface area contributed by atoms with Crippen molar-refractivity contribution in [3.63, 3.8) is 0 Å². The number of carbonyl (C=O) groups is 2. The topological polar surface area (TPSA) is 101 Å². The van der Waals surface area contributed by atoms with E-state index in [1.807, 2.05) is 66.0 Å². The molecule has 1 amide bonds. The summed E-state index contributed by atoms with van der Waals surface area (Å²) < 4.78 is 5.92. The number of carbonyl (C=O) groups excluding carboxylic acids is 2. The van der Waals surface area contributed by atoms with E-state index in [1.165, 1.54) is 11.3 Å². The van der Waals surface area contributed by atoms with E-state index < -0.39 is 0 Å². The minimum atomic E-state index is -0.314. The molecule has 0 radical (unpaired) electrons. The molecule has 1 aliphatic carbocycles. The fourth-order valence-corrected chi connectivity index (χ4v) is 5.70. The van der Waals surface area contributed by atoms with Crippen molar-refractivity contribution in [1.82, 2.24) is 15.2 Å². The number of Topliss-reactive ketones (excluding diaryl/α,β-unsaturated/α-hetero) is 1. The lowest BCUT2D eigenvalue weighted by Gasteiger charge is -2.29. The van der Waals surface area contributed by atoms with Crippen molar-refractivity contribution in [3.05, 3.63) is 77.1 Å². The maximum Gasteiger partial charge on any atom is 0.231 e. The lowest BCUT2D eigenvalue weighted by Crippen LogP contribution is -2.36. The van der Waals surface area contributed by atoms with Gasteiger partial charge < -0.3 is 9.73 Å². The van der Waals surface area contributed by atoms with Gasteiger partial charge in [0.05, 0.1) is 22.3 Å². The van der Waals surface area contributed by atoms with Crippen molar-refractivity contribution in [2.75, 3.05) is 5.32 Å². The van der Waals surface area contributed by atoms with Crippen LogP contribution in [0.25, 0.3) is 33.8 Å². The highest BCUT2D eigenvalue weighted by atomic mass is 32.1. The molecule has 0 unspecified atom stereocenters. The molecule has 3 heterocycles. The van der Waals surface area contributed by atoms with Gasteiger partial charge in [0.2, 0.25) is 11.8 Å². The van der Waals surface area contributed by atoms with Gasteiger partial charge in [-0.25, -0.2) is 4.98 Å². The fraction of sp³-hybridized carbons (Fsp3) is 0.214. The highest BCUT2D eigenvalue weighted by Gasteiger charge is 2.36. The summed E-state index contributed by atoms with van der Waals surface area (Å²) in [6, 6.07) is 18.9. The summed E-state index contributed by atoms with van der Waals surface area (Å²) in [6.07, 6.45) is 5.12. The lowest BCUT2D eigenvalue weighted by molar-refractivity contribution is -0.121. The SMILES string of the molecule is O=C(c1cccs1)[C@H]1CCCC[C@H]1C(=O)Nc1ccc(-c2[nH]ncc2-c2nc3ccccc3o2)cc1. The van der Waals surface area contributed by atoms with Crippen molar-refractivity contribution in [3.8, 4) is 22.7 Å². The predicted octanol–water partition coefficient (Wildman–Crippen LogP) is 6.57. The summed E-state index contributed by atoms with van der Waals surface area (Å²) in [5.74, 6) is -0.0831. The van der Waals surface area contributed by atoms with Gasteiger partial charge in [0, 0.05) is 23.1 Å². The number of benzene rings is 2. The van der Waals surface area contributed by atoms with Crippen molar-refractivity contribution < 1.29 is 14.0 Å². The molecule has 2 N–H and O–H groups in total. The molecule has 1 fully saturated rings. The third kappa shape index (κ3) is 4.24. The van der Waals surface area contributed by atoms with Gasteiger partial charge in [-0.1, -0.05) is 43.2 Å². The summed E-state index contributed by atoms with van der Waals surface area (Å²) in [4.78, 5) is 31.5. The standard InChI is InChI=1S/C28H24N4O3S/c33-26(24-10-5-15-36-24)19-6-1-2-7-20(19)27(34)30-18-13-11-17(12-14-18)25-21(16-29-32-25)28-31-22-8-3-4-9-23(22)35-28/h3-5,8-16,19-20H,1-2,6-7H2,(H,29,32)(H,30,34)/t19-,20+/m0/s1. The molecule has 180 valence electrons. The number of para-hydroxylation sites is 2. The van der Waals surface area contributed by atoms with E-state index in [1.54, 1.807) is 6.20 Å². The first-order valence-electron chi connectivity index (χ1n) is 12.1. The molecule has 7 nitrogen and oxygen atoms in total. The first-order chi connectivity index (χ1) is 17.7. The van der Waals surface area contributed by atoms with Crippen molar-refractivity contribution in [1.29, 1.82) is 0 Å². The monoisotopic (exact) mass is 496 g/mol. The number of aromatic nitrogens is 3. The highest BCUT2D eigenvalue weighted by Crippen LogP contribution is 2.35. The number of amides is 1. The van der Waals surface area contributed by atoms with Crippen LogP contribution in [0, 0.1) is 11.8 Å². The minimum absolute atomic E-state index is 0.0890. The summed E-state index contributed by atoms with van der Waals surface area (Å²) in [6.45, 7) is 0. The quantitative estimate of drug-likeness (QED) is 0.259. The van der Waals surface area contributed by atoms with Crippen LogP contribution in [0.3, 0.4) is 0 Å². The Morgan fingerprint density at radius 2 is 1.78 bits per heavy atom. The van der Waals surface area contributed by atoms with Crippen molar-refractivity contribution >= 4 is 39.8 Å². The zero-order chi connectivity index (χ0) is 24.5. The van der Waals surface area contributed by atoms with E-state index in [9.17, 15) is 9.59 Å². The number of fused-ring (bicyclic) bond motifs is 1. The van der Waals surface area contributed by atoms with Gasteiger partial charge >= 0.3 is 0 Å². The Hall–Kier alpha value is -4.04. The number of rotatable bonds is 6. The first kappa shape index (κ1) is 22.4. The van der Waals surface area contributed by atoms with Gasteiger partial charge in [-0.05, 0) is 48.6 Å². The zero-order valence-electron chi connectivity index (χ0n) is 19.4. The molecule has 2 aromatic carbocycles. The Balaban J connectivity index is 1.19. The molecule has 3 aromatic heterocycles. The Labute approximate surface area is 211 Å². The van der Waals surface area contributed by atoms with Gasteiger partial charge in [0.25, 0.3) is 0 Å². The van der Waals surface area contributed by atoms with E-state index in [-0.39, 0.29) is 23.5 Å². The third-order valence-corrected chi connectivity index (χ3v) is 7.69. The average molecular weight is 497 g/mol. The zero-order valence-corrected chi connectivity index (χ0v) is 20.3. The highest BCUT2D eigenvalue weighted by molar-refractivity contribution is 7.12. The van der Waals surface area contributed by atoms with Crippen molar-refractivity contribution in [2.45, 2.75) is 25.7 Å². The molecule has 1 saturated carbocycles. The van der Waals surface area contributed by atoms with Crippen LogP contribution in [0.1, 0.15) is 35.4 Å². The number of hydrogen-bond donors (Lipinski definition) is 2. The van der Waals surface area contributed by atoms with Gasteiger partial charge in [-0.3, -0.25) is 14.7 Å². The molecule has 0 saturated heterocycles. The van der Waals surface area contributed by atoms with E-state index >= 15 is 0 Å². The molecule has 0 bridgehead atoms. The maximum atomic E-state index is 13.2. The van der Waals surface area contributed by atoms with Gasteiger partial charge in [-0.2, -0.15) is 5.10 Å². The first-order valence-corrected chi connectivity index (χ1v) is 12.9. The van der Waals surface area contributed by atoms with Gasteiger partial charge in [-0.15, -0.1) is 11.3 Å². The number of H-pyrrole nitrogens is 1. The number of aromatic amines is 1. The van der Waals surface area contributed by atoms with Crippen LogP contribution < -0.4 is 5.32 Å². The van der Waals surface area contributed by atoms with E-state index in [0.717, 1.165) is 58.5 Å². The van der Waals surface area contributed by atoms with Crippen LogP contribution in [0.15, 0.2) is 76.7 Å². The molecule has 0 spiro atoms. The summed E-state index contributed by atoms with van der Waals surface area (Å²) in [5, 5.41) is 12.2. The largest absolute Gasteiger partial charge is 0.436 e. The predicted molar refractivity (Wildman–Crippen MR) is 140 cm³/mol. The van der Waals surface area contributed by atoms with Crippen LogP contribution in [0.2, 0.25) is 0 Å². The van der Waals surface area contributed by atoms with Crippen molar-refractivity contribution in [2.24, 2.45) is 11.8 Å². The number of thiophene rings is 1. The summed E-state index contributed by atoms with van der Waals surface area (Å²) in [7, 11) is 0. The molecular formula is C28H24N4O3S. The number of anilines is 1. The number of hydrogen-bond acceptors (Lipinski definition) is 6. The molecular weight excluding hydrogens is 472 g/mol. The Kier molecular flexibility index (Phi) is 5.95. The molecule has 1 aliphatic rings. The van der Waals surface area contributed by atoms with Crippen LogP contribution in [-0.2, 0) is 4.79 Å². The van der Waals surface area contributed by atoms with Crippen LogP contribution in [-0.4, -0.2) is 26.9 Å². The van der Waals surface area contributed by atoms with Crippen LogP contribution >= 0.6 is 11.3 Å². The van der Waals surface area contributed by atoms with Crippen LogP contribution in [0.5, 0.6) is 0 Å². The average Bonchev–Trinajstić information content (AvgIpc) is 3.69. The second-order valence-corrected chi connectivity index (χ2v) is 10.00. The number of oxazole rings is 1. The number of nitrogens with one attached hydrogen (secondary N) is 2. The second-order valence-electron chi connectivity index (χ2n) is 9.05. The molecule has 5 aromatic rings. The number of ketones is 1. The van der Waals surface area contributed by atoms with Crippen LogP contribution in [0.4, 0.5) is 5.69 Å².